The van der Waals surface area contributed by atoms with E-state index >= 15 is 0 Å². The van der Waals surface area contributed by atoms with Crippen molar-refractivity contribution in [1.82, 2.24) is 9.47 Å². The van der Waals surface area contributed by atoms with Crippen LogP contribution in [0, 0.1) is 0 Å². The lowest BCUT2D eigenvalue weighted by Gasteiger charge is -2.37. The maximum absolute atomic E-state index is 13.2. The van der Waals surface area contributed by atoms with E-state index in [-0.39, 0.29) is 12.1 Å². The topological polar surface area (TPSA) is 37.3 Å². The molecule has 4 rings (SSSR count). The average Bonchev–Trinajstić information content (AvgIpc) is 3.18. The average molecular weight is 359 g/mol. The third-order valence-electron chi connectivity index (χ3n) is 5.34. The molecule has 138 valence electrons. The molecular weight excluding hydrogens is 334 g/mol. The lowest BCUT2D eigenvalue weighted by molar-refractivity contribution is 0.167. The number of nitrogens with zero attached hydrogens (tertiary/aromatic N) is 2. The van der Waals surface area contributed by atoms with Crippen molar-refractivity contribution in [3.05, 3.63) is 89.7 Å². The number of benzene rings is 2. The van der Waals surface area contributed by atoms with E-state index in [1.165, 1.54) is 11.3 Å². The molecule has 1 atom stereocenters. The van der Waals surface area contributed by atoms with Gasteiger partial charge in [-0.05, 0) is 42.2 Å². The normalized spacial score (nSPS) is 16.0. The molecule has 27 heavy (non-hydrogen) atoms. The number of amides is 2. The van der Waals surface area contributed by atoms with Crippen molar-refractivity contribution in [1.29, 1.82) is 0 Å². The molecule has 0 aliphatic carbocycles. The Morgan fingerprint density at radius 1 is 1.00 bits per heavy atom. The van der Waals surface area contributed by atoms with E-state index in [2.05, 4.69) is 65.5 Å². The predicted molar refractivity (Wildman–Crippen MR) is 109 cm³/mol. The van der Waals surface area contributed by atoms with E-state index in [0.29, 0.717) is 6.54 Å². The van der Waals surface area contributed by atoms with Gasteiger partial charge >= 0.3 is 6.03 Å². The second-order valence-electron chi connectivity index (χ2n) is 6.97. The van der Waals surface area contributed by atoms with Gasteiger partial charge in [-0.3, -0.25) is 0 Å². The minimum atomic E-state index is -0.0238. The Balaban J connectivity index is 1.60. The highest BCUT2D eigenvalue weighted by Gasteiger charge is 2.31. The van der Waals surface area contributed by atoms with E-state index < -0.39 is 0 Å². The van der Waals surface area contributed by atoms with Crippen LogP contribution in [0.15, 0.2) is 72.9 Å². The zero-order valence-corrected chi connectivity index (χ0v) is 15.6. The van der Waals surface area contributed by atoms with Crippen molar-refractivity contribution < 1.29 is 4.79 Å². The summed E-state index contributed by atoms with van der Waals surface area (Å²) in [5.41, 5.74) is 4.50. The van der Waals surface area contributed by atoms with Crippen LogP contribution >= 0.6 is 0 Å². The van der Waals surface area contributed by atoms with Gasteiger partial charge in [-0.2, -0.15) is 0 Å². The fraction of sp³-hybridized carbons (Fsp3) is 0.261. The standard InChI is InChI=1S/C23H25N3O/c1-2-19-11-6-7-12-20(19)24-23(27)26-16-15-25-14-8-13-21(25)22(26)17-18-9-4-3-5-10-18/h3-14,22H,2,15-17H2,1H3,(H,24,27)/t22-/m1/s1. The largest absolute Gasteiger partial charge is 0.348 e. The van der Waals surface area contributed by atoms with E-state index in [1.54, 1.807) is 0 Å². The van der Waals surface area contributed by atoms with Gasteiger partial charge in [0.15, 0.2) is 0 Å². The van der Waals surface area contributed by atoms with Crippen LogP contribution in [-0.2, 0) is 19.4 Å². The molecule has 4 nitrogen and oxygen atoms in total. The van der Waals surface area contributed by atoms with Crippen molar-refractivity contribution in [2.45, 2.75) is 32.4 Å². The van der Waals surface area contributed by atoms with Crippen molar-refractivity contribution in [2.75, 3.05) is 11.9 Å². The monoisotopic (exact) mass is 359 g/mol. The molecule has 0 bridgehead atoms. The minimum Gasteiger partial charge on any atom is -0.348 e. The van der Waals surface area contributed by atoms with Gasteiger partial charge in [0, 0.05) is 30.7 Å². The van der Waals surface area contributed by atoms with Crippen LogP contribution in [0.5, 0.6) is 0 Å². The van der Waals surface area contributed by atoms with E-state index in [1.807, 2.05) is 29.2 Å². The summed E-state index contributed by atoms with van der Waals surface area (Å²) in [6.07, 6.45) is 3.81. The Kier molecular flexibility index (Phi) is 4.97. The summed E-state index contributed by atoms with van der Waals surface area (Å²) in [7, 11) is 0. The molecule has 1 N–H and O–H groups in total. The number of fused-ring (bicyclic) bond motifs is 1. The first-order chi connectivity index (χ1) is 13.3. The van der Waals surface area contributed by atoms with E-state index in [0.717, 1.165) is 30.6 Å². The van der Waals surface area contributed by atoms with E-state index in [9.17, 15) is 4.79 Å². The number of hydrogen-bond acceptors (Lipinski definition) is 1. The molecule has 1 aromatic heterocycles. The van der Waals surface area contributed by atoms with Gasteiger partial charge in [0.05, 0.1) is 6.04 Å². The van der Waals surface area contributed by atoms with Crippen LogP contribution < -0.4 is 5.32 Å². The Morgan fingerprint density at radius 3 is 2.59 bits per heavy atom. The summed E-state index contributed by atoms with van der Waals surface area (Å²) in [5.74, 6) is 0. The molecule has 2 heterocycles. The first-order valence-electron chi connectivity index (χ1n) is 9.60. The summed E-state index contributed by atoms with van der Waals surface area (Å²) >= 11 is 0. The summed E-state index contributed by atoms with van der Waals surface area (Å²) in [4.78, 5) is 15.2. The zero-order valence-electron chi connectivity index (χ0n) is 15.6. The third kappa shape index (κ3) is 3.61. The lowest BCUT2D eigenvalue weighted by atomic mass is 10.0. The first-order valence-corrected chi connectivity index (χ1v) is 9.60. The molecule has 1 aliphatic heterocycles. The summed E-state index contributed by atoms with van der Waals surface area (Å²) in [5, 5.41) is 3.15. The smallest absolute Gasteiger partial charge is 0.322 e. The number of carbonyl (C=O) groups is 1. The maximum Gasteiger partial charge on any atom is 0.322 e. The Morgan fingerprint density at radius 2 is 1.78 bits per heavy atom. The van der Waals surface area contributed by atoms with Crippen molar-refractivity contribution >= 4 is 11.7 Å². The Labute approximate surface area is 160 Å². The van der Waals surface area contributed by atoms with E-state index in [4.69, 9.17) is 0 Å². The summed E-state index contributed by atoms with van der Waals surface area (Å²) < 4.78 is 2.26. The van der Waals surface area contributed by atoms with Gasteiger partial charge in [-0.15, -0.1) is 0 Å². The van der Waals surface area contributed by atoms with Crippen LogP contribution in [0.2, 0.25) is 0 Å². The number of urea groups is 1. The molecule has 2 aromatic carbocycles. The van der Waals surface area contributed by atoms with Gasteiger partial charge in [0.25, 0.3) is 0 Å². The molecule has 0 saturated heterocycles. The first kappa shape index (κ1) is 17.4. The SMILES string of the molecule is CCc1ccccc1NC(=O)N1CCn2cccc2[C@H]1Cc1ccccc1. The van der Waals surface area contributed by atoms with Gasteiger partial charge in [-0.1, -0.05) is 55.5 Å². The van der Waals surface area contributed by atoms with Gasteiger partial charge in [0.2, 0.25) is 0 Å². The molecule has 1 aliphatic rings. The van der Waals surface area contributed by atoms with Crippen LogP contribution in [0.1, 0.15) is 29.8 Å². The maximum atomic E-state index is 13.2. The van der Waals surface area contributed by atoms with Gasteiger partial charge in [-0.25, -0.2) is 4.79 Å². The molecule has 2 amide bonds. The van der Waals surface area contributed by atoms with Crippen LogP contribution in [0.3, 0.4) is 0 Å². The number of hydrogen-bond donors (Lipinski definition) is 1. The number of carbonyl (C=O) groups excluding carboxylic acids is 1. The Hall–Kier alpha value is -3.01. The zero-order chi connectivity index (χ0) is 18.6. The van der Waals surface area contributed by atoms with Gasteiger partial charge in [0.1, 0.15) is 0 Å². The molecule has 3 aromatic rings. The minimum absolute atomic E-state index is 0.0238. The quantitative estimate of drug-likeness (QED) is 0.708. The number of para-hydroxylation sites is 1. The van der Waals surface area contributed by atoms with Crippen LogP contribution in [-0.4, -0.2) is 22.0 Å². The third-order valence-corrected chi connectivity index (χ3v) is 5.34. The molecule has 0 unspecified atom stereocenters. The van der Waals surface area contributed by atoms with Gasteiger partial charge < -0.3 is 14.8 Å². The molecule has 4 heteroatoms. The van der Waals surface area contributed by atoms with Crippen molar-refractivity contribution in [2.24, 2.45) is 0 Å². The molecule has 0 saturated carbocycles. The van der Waals surface area contributed by atoms with Crippen LogP contribution in [0.25, 0.3) is 0 Å². The van der Waals surface area contributed by atoms with Crippen molar-refractivity contribution in [3.8, 4) is 0 Å². The second-order valence-corrected chi connectivity index (χ2v) is 6.97. The molecule has 0 spiro atoms. The highest BCUT2D eigenvalue weighted by atomic mass is 16.2. The predicted octanol–water partition coefficient (Wildman–Crippen LogP) is 4.88. The molecular formula is C23H25N3O. The fourth-order valence-corrected chi connectivity index (χ4v) is 3.90. The highest BCUT2D eigenvalue weighted by molar-refractivity contribution is 5.90. The number of rotatable bonds is 4. The number of nitrogens with one attached hydrogen (secondary N) is 1. The summed E-state index contributed by atoms with van der Waals surface area (Å²) in [6.45, 7) is 3.65. The highest BCUT2D eigenvalue weighted by Crippen LogP contribution is 2.30. The summed E-state index contributed by atoms with van der Waals surface area (Å²) in [6, 6.07) is 22.6. The van der Waals surface area contributed by atoms with Crippen molar-refractivity contribution in [3.63, 3.8) is 0 Å². The molecule has 0 fully saturated rings. The second kappa shape index (κ2) is 7.70. The fourth-order valence-electron chi connectivity index (χ4n) is 3.90. The number of anilines is 1. The number of aryl methyl sites for hydroxylation is 1. The van der Waals surface area contributed by atoms with Crippen LogP contribution in [0.4, 0.5) is 10.5 Å². The lowest BCUT2D eigenvalue weighted by Crippen LogP contribution is -2.45. The Bertz CT molecular complexity index is 916. The number of aromatic nitrogens is 1. The molecule has 0 radical (unpaired) electrons.